The van der Waals surface area contributed by atoms with Crippen LogP contribution in [0, 0.1) is 5.92 Å². The first kappa shape index (κ1) is 24.4. The lowest BCUT2D eigenvalue weighted by molar-refractivity contribution is 0.0754. The summed E-state index contributed by atoms with van der Waals surface area (Å²) in [5, 5.41) is 11.8. The smallest absolute Gasteiger partial charge is 0.276 e. The van der Waals surface area contributed by atoms with E-state index >= 15 is 0 Å². The Morgan fingerprint density at radius 2 is 1.72 bits per heavy atom. The summed E-state index contributed by atoms with van der Waals surface area (Å²) in [6.07, 6.45) is 12.0. The topological polar surface area (TPSA) is 66.3 Å². The molecule has 0 aromatic carbocycles. The third-order valence-corrected chi connectivity index (χ3v) is 6.53. The zero-order valence-corrected chi connectivity index (χ0v) is 18.9. The molecule has 0 unspecified atom stereocenters. The van der Waals surface area contributed by atoms with E-state index in [1.165, 1.54) is 38.6 Å². The van der Waals surface area contributed by atoms with Crippen LogP contribution < -0.4 is 5.32 Å². The van der Waals surface area contributed by atoms with E-state index in [9.17, 15) is 4.79 Å². The summed E-state index contributed by atoms with van der Waals surface area (Å²) in [5.41, 5.74) is 0.509. The zero-order valence-electron chi connectivity index (χ0n) is 17.3. The van der Waals surface area contributed by atoms with Gasteiger partial charge in [0.15, 0.2) is 5.69 Å². The predicted molar refractivity (Wildman–Crippen MR) is 119 cm³/mol. The van der Waals surface area contributed by atoms with Crippen molar-refractivity contribution < 1.29 is 4.79 Å². The van der Waals surface area contributed by atoms with Gasteiger partial charge in [-0.3, -0.25) is 4.79 Å². The molecule has 166 valence electrons. The molecule has 29 heavy (non-hydrogen) atoms. The highest BCUT2D eigenvalue weighted by atomic mass is 35.5. The number of piperidine rings is 1. The Morgan fingerprint density at radius 1 is 0.966 bits per heavy atom. The fourth-order valence-electron chi connectivity index (χ4n) is 4.88. The van der Waals surface area contributed by atoms with Gasteiger partial charge >= 0.3 is 0 Å². The molecule has 9 heteroatoms. The van der Waals surface area contributed by atoms with Gasteiger partial charge in [0.25, 0.3) is 5.91 Å². The molecule has 0 radical (unpaired) electrons. The van der Waals surface area contributed by atoms with Crippen LogP contribution in [0.2, 0.25) is 0 Å². The van der Waals surface area contributed by atoms with E-state index in [1.807, 2.05) is 15.8 Å². The van der Waals surface area contributed by atoms with Crippen LogP contribution in [0.5, 0.6) is 0 Å². The minimum Gasteiger partial charge on any atom is -0.336 e. The Morgan fingerprint density at radius 3 is 2.48 bits per heavy atom. The summed E-state index contributed by atoms with van der Waals surface area (Å²) in [5.74, 6) is 0.917. The highest BCUT2D eigenvalue weighted by Gasteiger charge is 2.25. The number of hydrogen-bond acceptors (Lipinski definition) is 5. The summed E-state index contributed by atoms with van der Waals surface area (Å²) in [4.78, 5) is 17.5. The maximum absolute atomic E-state index is 12.9. The number of nitrogens with zero attached hydrogens (tertiary/aromatic N) is 5. The SMILES string of the molecule is Cl.Cl.O=C(c1cn(C2CCNCC2)nn1)N1CCCN(CC2CCCCC2)CC1. The van der Waals surface area contributed by atoms with Gasteiger partial charge in [0.1, 0.15) is 0 Å². The zero-order chi connectivity index (χ0) is 18.5. The molecule has 3 aliphatic rings. The van der Waals surface area contributed by atoms with Crippen LogP contribution in [0.4, 0.5) is 0 Å². The van der Waals surface area contributed by atoms with Crippen molar-refractivity contribution in [2.24, 2.45) is 5.92 Å². The van der Waals surface area contributed by atoms with Gasteiger partial charge in [0, 0.05) is 26.2 Å². The number of carbonyl (C=O) groups excluding carboxylic acids is 1. The Labute approximate surface area is 186 Å². The number of rotatable bonds is 4. The third-order valence-electron chi connectivity index (χ3n) is 6.53. The molecular formula is C20H36Cl2N6O. The van der Waals surface area contributed by atoms with Crippen LogP contribution in [0.1, 0.15) is 67.9 Å². The normalized spacial score (nSPS) is 22.4. The summed E-state index contributed by atoms with van der Waals surface area (Å²) in [7, 11) is 0. The summed E-state index contributed by atoms with van der Waals surface area (Å²) < 4.78 is 1.90. The highest BCUT2D eigenvalue weighted by Crippen LogP contribution is 2.25. The van der Waals surface area contributed by atoms with Gasteiger partial charge in [-0.1, -0.05) is 24.5 Å². The molecule has 1 aliphatic carbocycles. The first-order chi connectivity index (χ1) is 13.3. The van der Waals surface area contributed by atoms with Gasteiger partial charge < -0.3 is 15.1 Å². The average Bonchev–Trinajstić information content (AvgIpc) is 3.10. The lowest BCUT2D eigenvalue weighted by Crippen LogP contribution is -2.37. The van der Waals surface area contributed by atoms with Crippen molar-refractivity contribution >= 4 is 30.7 Å². The fourth-order valence-corrected chi connectivity index (χ4v) is 4.88. The van der Waals surface area contributed by atoms with E-state index in [-0.39, 0.29) is 30.7 Å². The van der Waals surface area contributed by atoms with E-state index in [1.54, 1.807) is 0 Å². The van der Waals surface area contributed by atoms with Gasteiger partial charge in [-0.25, -0.2) is 4.68 Å². The largest absolute Gasteiger partial charge is 0.336 e. The molecule has 1 amide bonds. The molecule has 1 aromatic rings. The minimum atomic E-state index is 0. The molecule has 4 rings (SSSR count). The standard InChI is InChI=1S/C20H34N6O.2ClH/c27-20(19-16-26(23-22-19)18-7-9-21-10-8-18)25-12-4-11-24(13-14-25)15-17-5-2-1-3-6-17;;/h16-18,21H,1-15H2;2*1H. The maximum Gasteiger partial charge on any atom is 0.276 e. The Hall–Kier alpha value is -0.890. The van der Waals surface area contributed by atoms with E-state index in [2.05, 4.69) is 20.5 Å². The van der Waals surface area contributed by atoms with Crippen LogP contribution in [-0.2, 0) is 0 Å². The van der Waals surface area contributed by atoms with Crippen molar-refractivity contribution in [1.82, 2.24) is 30.1 Å². The Balaban J connectivity index is 0.00000150. The number of hydrogen-bond donors (Lipinski definition) is 1. The lowest BCUT2D eigenvalue weighted by Gasteiger charge is -2.28. The summed E-state index contributed by atoms with van der Waals surface area (Å²) >= 11 is 0. The molecule has 1 aromatic heterocycles. The molecule has 0 spiro atoms. The molecular weight excluding hydrogens is 411 g/mol. The monoisotopic (exact) mass is 446 g/mol. The Bertz CT molecular complexity index is 616. The molecule has 3 heterocycles. The number of amides is 1. The van der Waals surface area contributed by atoms with Gasteiger partial charge in [0.2, 0.25) is 0 Å². The van der Waals surface area contributed by atoms with Crippen LogP contribution in [-0.4, -0.2) is 76.5 Å². The summed E-state index contributed by atoms with van der Waals surface area (Å²) in [6.45, 7) is 6.99. The van der Waals surface area contributed by atoms with Gasteiger partial charge in [-0.15, -0.1) is 29.9 Å². The first-order valence-electron chi connectivity index (χ1n) is 10.9. The molecule has 0 atom stereocenters. The second kappa shape index (κ2) is 12.1. The lowest BCUT2D eigenvalue weighted by atomic mass is 9.89. The molecule has 1 N–H and O–H groups in total. The van der Waals surface area contributed by atoms with Gasteiger partial charge in [-0.2, -0.15) is 0 Å². The third kappa shape index (κ3) is 6.54. The van der Waals surface area contributed by atoms with E-state index in [0.717, 1.165) is 64.4 Å². The highest BCUT2D eigenvalue weighted by molar-refractivity contribution is 5.92. The molecule has 7 nitrogen and oxygen atoms in total. The van der Waals surface area contributed by atoms with E-state index in [4.69, 9.17) is 0 Å². The van der Waals surface area contributed by atoms with E-state index < -0.39 is 0 Å². The van der Waals surface area contributed by atoms with Crippen molar-refractivity contribution in [3.05, 3.63) is 11.9 Å². The minimum absolute atomic E-state index is 0. The quantitative estimate of drug-likeness (QED) is 0.769. The molecule has 2 saturated heterocycles. The number of carbonyl (C=O) groups is 1. The second-order valence-electron chi connectivity index (χ2n) is 8.52. The fraction of sp³-hybridized carbons (Fsp3) is 0.850. The van der Waals surface area contributed by atoms with Gasteiger partial charge in [-0.05, 0) is 57.7 Å². The molecule has 1 saturated carbocycles. The Kier molecular flexibility index (Phi) is 10.2. The number of halogens is 2. The second-order valence-corrected chi connectivity index (χ2v) is 8.52. The van der Waals surface area contributed by atoms with Crippen molar-refractivity contribution in [1.29, 1.82) is 0 Å². The van der Waals surface area contributed by atoms with Crippen LogP contribution in [0.15, 0.2) is 6.20 Å². The van der Waals surface area contributed by atoms with E-state index in [0.29, 0.717) is 11.7 Å². The van der Waals surface area contributed by atoms with Crippen molar-refractivity contribution in [3.63, 3.8) is 0 Å². The first-order valence-corrected chi connectivity index (χ1v) is 10.9. The van der Waals surface area contributed by atoms with Crippen LogP contribution >= 0.6 is 24.8 Å². The predicted octanol–water partition coefficient (Wildman–Crippen LogP) is 2.77. The van der Waals surface area contributed by atoms with Crippen molar-refractivity contribution in [3.8, 4) is 0 Å². The molecule has 3 fully saturated rings. The van der Waals surface area contributed by atoms with Crippen molar-refractivity contribution in [2.45, 2.75) is 57.4 Å². The molecule has 2 aliphatic heterocycles. The van der Waals surface area contributed by atoms with Crippen molar-refractivity contribution in [2.75, 3.05) is 45.8 Å². The van der Waals surface area contributed by atoms with Crippen LogP contribution in [0.3, 0.4) is 0 Å². The average molecular weight is 447 g/mol. The van der Waals surface area contributed by atoms with Gasteiger partial charge in [0.05, 0.1) is 12.2 Å². The number of aromatic nitrogens is 3. The number of nitrogens with one attached hydrogen (secondary N) is 1. The maximum atomic E-state index is 12.9. The molecule has 0 bridgehead atoms. The summed E-state index contributed by atoms with van der Waals surface area (Å²) in [6, 6.07) is 0.371. The van der Waals surface area contributed by atoms with Crippen LogP contribution in [0.25, 0.3) is 0 Å².